The summed E-state index contributed by atoms with van der Waals surface area (Å²) >= 11 is 0. The lowest BCUT2D eigenvalue weighted by molar-refractivity contribution is -0.135. The average Bonchev–Trinajstić information content (AvgIpc) is 3.33. The highest BCUT2D eigenvalue weighted by Crippen LogP contribution is 2.21. The number of carbonyl (C=O) groups is 2. The second-order valence-electron chi connectivity index (χ2n) is 7.34. The van der Waals surface area contributed by atoms with Gasteiger partial charge in [0.25, 0.3) is 11.7 Å². The fourth-order valence-electron chi connectivity index (χ4n) is 3.39. The number of carbonyl (C=O) groups excluding carboxylic acids is 2. The number of nitrogens with zero attached hydrogens (tertiary/aromatic N) is 4. The van der Waals surface area contributed by atoms with Gasteiger partial charge in [0, 0.05) is 18.7 Å². The first-order chi connectivity index (χ1) is 16.2. The predicted molar refractivity (Wildman–Crippen MR) is 125 cm³/mol. The lowest BCUT2D eigenvalue weighted by atomic mass is 10.2. The van der Waals surface area contributed by atoms with Crippen molar-refractivity contribution in [2.24, 2.45) is 0 Å². The van der Waals surface area contributed by atoms with Crippen LogP contribution in [0.3, 0.4) is 0 Å². The van der Waals surface area contributed by atoms with E-state index in [1.165, 1.54) is 0 Å². The summed E-state index contributed by atoms with van der Waals surface area (Å²) in [4.78, 5) is 31.4. The zero-order valence-electron chi connectivity index (χ0n) is 18.3. The summed E-state index contributed by atoms with van der Waals surface area (Å²) in [5.41, 5.74) is 2.58. The second-order valence-corrected chi connectivity index (χ2v) is 7.34. The van der Waals surface area contributed by atoms with Crippen LogP contribution >= 0.6 is 0 Å². The van der Waals surface area contributed by atoms with E-state index in [0.29, 0.717) is 18.9 Å². The zero-order valence-corrected chi connectivity index (χ0v) is 18.3. The first-order valence-corrected chi connectivity index (χ1v) is 10.7. The molecule has 0 radical (unpaired) electrons. The Bertz CT molecular complexity index is 1150. The Kier molecular flexibility index (Phi) is 6.90. The topological polar surface area (TPSA) is 77.3 Å². The van der Waals surface area contributed by atoms with Crippen molar-refractivity contribution in [3.05, 3.63) is 102 Å². The van der Waals surface area contributed by atoms with Crippen molar-refractivity contribution < 1.29 is 14.3 Å². The minimum atomic E-state index is -0.744. The van der Waals surface area contributed by atoms with E-state index in [4.69, 9.17) is 4.74 Å². The standard InChI is InChI=1S/C26H24N4O3/c1-2-29(18-20-12-6-3-7-13-20)23(31)19-33-26(32)24-27-25(21-14-8-4-9-15-21)30(28-24)22-16-10-5-11-17-22/h3-17H,2,18-19H2,1H3. The monoisotopic (exact) mass is 440 g/mol. The lowest BCUT2D eigenvalue weighted by Crippen LogP contribution is -2.34. The van der Waals surface area contributed by atoms with Gasteiger partial charge in [-0.25, -0.2) is 14.5 Å². The van der Waals surface area contributed by atoms with E-state index in [1.807, 2.05) is 97.9 Å². The van der Waals surface area contributed by atoms with Crippen LogP contribution in [-0.4, -0.2) is 44.7 Å². The molecular formula is C26H24N4O3. The molecule has 0 aliphatic heterocycles. The molecule has 33 heavy (non-hydrogen) atoms. The summed E-state index contributed by atoms with van der Waals surface area (Å²) < 4.78 is 6.88. The van der Waals surface area contributed by atoms with E-state index in [0.717, 1.165) is 16.8 Å². The molecule has 0 aliphatic carbocycles. The number of likely N-dealkylation sites (N-methyl/N-ethyl adjacent to an activating group) is 1. The Hall–Kier alpha value is -4.26. The molecule has 0 fully saturated rings. The van der Waals surface area contributed by atoms with Crippen molar-refractivity contribution in [3.63, 3.8) is 0 Å². The van der Waals surface area contributed by atoms with Gasteiger partial charge >= 0.3 is 5.97 Å². The molecule has 4 aromatic rings. The van der Waals surface area contributed by atoms with Crippen LogP contribution in [0.4, 0.5) is 0 Å². The van der Waals surface area contributed by atoms with Crippen molar-refractivity contribution in [1.82, 2.24) is 19.7 Å². The summed E-state index contributed by atoms with van der Waals surface area (Å²) in [6.07, 6.45) is 0. The molecule has 4 rings (SSSR count). The van der Waals surface area contributed by atoms with E-state index in [-0.39, 0.29) is 18.3 Å². The third kappa shape index (κ3) is 5.33. The van der Waals surface area contributed by atoms with Crippen LogP contribution in [0.15, 0.2) is 91.0 Å². The summed E-state index contributed by atoms with van der Waals surface area (Å²) in [6, 6.07) is 28.6. The van der Waals surface area contributed by atoms with Crippen molar-refractivity contribution >= 4 is 11.9 Å². The number of benzene rings is 3. The van der Waals surface area contributed by atoms with Gasteiger partial charge in [-0.05, 0) is 24.6 Å². The Morgan fingerprint density at radius 3 is 2.12 bits per heavy atom. The largest absolute Gasteiger partial charge is 0.450 e. The minimum absolute atomic E-state index is 0.100. The van der Waals surface area contributed by atoms with E-state index < -0.39 is 5.97 Å². The third-order valence-corrected chi connectivity index (χ3v) is 5.10. The lowest BCUT2D eigenvalue weighted by Gasteiger charge is -2.20. The molecular weight excluding hydrogens is 416 g/mol. The van der Waals surface area contributed by atoms with Gasteiger partial charge in [-0.3, -0.25) is 4.79 Å². The Morgan fingerprint density at radius 2 is 1.48 bits per heavy atom. The van der Waals surface area contributed by atoms with Crippen molar-refractivity contribution in [2.45, 2.75) is 13.5 Å². The average molecular weight is 441 g/mol. The Labute approximate surface area is 192 Å². The number of amides is 1. The molecule has 0 N–H and O–H groups in total. The molecule has 0 unspecified atom stereocenters. The van der Waals surface area contributed by atoms with Crippen molar-refractivity contribution in [3.8, 4) is 17.1 Å². The highest BCUT2D eigenvalue weighted by atomic mass is 16.5. The summed E-state index contributed by atoms with van der Waals surface area (Å²) in [5, 5.41) is 4.37. The van der Waals surface area contributed by atoms with Crippen LogP contribution in [0.2, 0.25) is 0 Å². The Morgan fingerprint density at radius 1 is 0.879 bits per heavy atom. The number of aromatic nitrogens is 3. The number of esters is 1. The Balaban J connectivity index is 1.50. The quantitative estimate of drug-likeness (QED) is 0.385. The summed E-state index contributed by atoms with van der Waals surface area (Å²) in [7, 11) is 0. The minimum Gasteiger partial charge on any atom is -0.450 e. The van der Waals surface area contributed by atoms with Gasteiger partial charge in [0.1, 0.15) is 0 Å². The first kappa shape index (κ1) is 22.0. The molecule has 0 bridgehead atoms. The molecule has 1 heterocycles. The van der Waals surface area contributed by atoms with E-state index in [9.17, 15) is 9.59 Å². The molecule has 0 saturated carbocycles. The van der Waals surface area contributed by atoms with E-state index in [1.54, 1.807) is 9.58 Å². The molecule has 7 nitrogen and oxygen atoms in total. The van der Waals surface area contributed by atoms with Crippen LogP contribution in [0.25, 0.3) is 17.1 Å². The molecule has 0 spiro atoms. The van der Waals surface area contributed by atoms with Crippen LogP contribution in [-0.2, 0) is 16.1 Å². The normalized spacial score (nSPS) is 10.6. The third-order valence-electron chi connectivity index (χ3n) is 5.10. The number of ether oxygens (including phenoxy) is 1. The van der Waals surface area contributed by atoms with Crippen LogP contribution in [0.5, 0.6) is 0 Å². The van der Waals surface area contributed by atoms with E-state index >= 15 is 0 Å². The molecule has 1 aromatic heterocycles. The van der Waals surface area contributed by atoms with Gasteiger partial charge in [0.2, 0.25) is 0 Å². The number of para-hydroxylation sites is 1. The smallest absolute Gasteiger partial charge is 0.378 e. The summed E-state index contributed by atoms with van der Waals surface area (Å²) in [6.45, 7) is 2.47. The van der Waals surface area contributed by atoms with Gasteiger partial charge in [-0.15, -0.1) is 5.10 Å². The number of hydrogen-bond acceptors (Lipinski definition) is 5. The molecule has 0 aliphatic rings. The molecule has 166 valence electrons. The summed E-state index contributed by atoms with van der Waals surface area (Å²) in [5.74, 6) is -0.609. The number of rotatable bonds is 8. The maximum atomic E-state index is 12.7. The highest BCUT2D eigenvalue weighted by molar-refractivity contribution is 5.88. The highest BCUT2D eigenvalue weighted by Gasteiger charge is 2.22. The van der Waals surface area contributed by atoms with Gasteiger partial charge in [-0.2, -0.15) is 0 Å². The van der Waals surface area contributed by atoms with Gasteiger partial charge < -0.3 is 9.64 Å². The molecule has 0 saturated heterocycles. The fourth-order valence-corrected chi connectivity index (χ4v) is 3.39. The first-order valence-electron chi connectivity index (χ1n) is 10.7. The van der Waals surface area contributed by atoms with Crippen LogP contribution in [0, 0.1) is 0 Å². The molecule has 1 amide bonds. The SMILES string of the molecule is CCN(Cc1ccccc1)C(=O)COC(=O)c1nc(-c2ccccc2)n(-c2ccccc2)n1. The molecule has 3 aromatic carbocycles. The van der Waals surface area contributed by atoms with Crippen LogP contribution < -0.4 is 0 Å². The zero-order chi connectivity index (χ0) is 23.0. The van der Waals surface area contributed by atoms with Gasteiger partial charge in [-0.1, -0.05) is 78.9 Å². The van der Waals surface area contributed by atoms with Crippen LogP contribution in [0.1, 0.15) is 23.1 Å². The van der Waals surface area contributed by atoms with Gasteiger partial charge in [0.05, 0.1) is 5.69 Å². The van der Waals surface area contributed by atoms with E-state index in [2.05, 4.69) is 10.1 Å². The molecule has 0 atom stereocenters. The number of hydrogen-bond donors (Lipinski definition) is 0. The predicted octanol–water partition coefficient (Wildman–Crippen LogP) is 4.14. The van der Waals surface area contributed by atoms with Gasteiger partial charge in [0.15, 0.2) is 12.4 Å². The fraction of sp³-hybridized carbons (Fsp3) is 0.154. The molecule has 7 heteroatoms. The second kappa shape index (κ2) is 10.4. The van der Waals surface area contributed by atoms with Crippen molar-refractivity contribution in [1.29, 1.82) is 0 Å². The maximum absolute atomic E-state index is 12.7. The van der Waals surface area contributed by atoms with Crippen molar-refractivity contribution in [2.75, 3.05) is 13.2 Å². The maximum Gasteiger partial charge on any atom is 0.378 e.